The first kappa shape index (κ1) is 14.9. The van der Waals surface area contributed by atoms with Gasteiger partial charge in [0.15, 0.2) is 5.82 Å². The van der Waals surface area contributed by atoms with Crippen LogP contribution in [0.2, 0.25) is 0 Å². The van der Waals surface area contributed by atoms with Crippen molar-refractivity contribution in [2.24, 2.45) is 0 Å². The second-order valence-corrected chi connectivity index (χ2v) is 3.49. The van der Waals surface area contributed by atoms with Crippen LogP contribution in [0.3, 0.4) is 0 Å². The molecule has 8 heteroatoms. The molecule has 0 saturated carbocycles. The highest BCUT2D eigenvalue weighted by molar-refractivity contribution is 4.86. The van der Waals surface area contributed by atoms with Gasteiger partial charge >= 0.3 is 0 Å². The molecule has 0 amide bonds. The fraction of sp³-hybridized carbons (Fsp3) is 0.800. The third-order valence-electron chi connectivity index (χ3n) is 1.98. The summed E-state index contributed by atoms with van der Waals surface area (Å²) in [5.41, 5.74) is 0. The molecule has 0 fully saturated rings. The van der Waals surface area contributed by atoms with Gasteiger partial charge in [0.2, 0.25) is 5.89 Å². The maximum absolute atomic E-state index is 11.8. The molecule has 0 aliphatic heterocycles. The van der Waals surface area contributed by atoms with Gasteiger partial charge in [0.25, 0.3) is 6.43 Å². The average molecular weight is 265 g/mol. The number of aromatic nitrogens is 2. The van der Waals surface area contributed by atoms with Crippen molar-refractivity contribution in [3.05, 3.63) is 11.7 Å². The number of hydrogen-bond donors (Lipinski definition) is 1. The highest BCUT2D eigenvalue weighted by atomic mass is 19.3. The minimum atomic E-state index is -2.45. The van der Waals surface area contributed by atoms with Gasteiger partial charge in [-0.05, 0) is 0 Å². The molecule has 18 heavy (non-hydrogen) atoms. The van der Waals surface area contributed by atoms with Crippen LogP contribution in [0.1, 0.15) is 11.7 Å². The summed E-state index contributed by atoms with van der Waals surface area (Å²) in [4.78, 5) is 4.08. The van der Waals surface area contributed by atoms with Crippen molar-refractivity contribution in [2.45, 2.75) is 19.4 Å². The summed E-state index contributed by atoms with van der Waals surface area (Å²) in [5, 5.41) is 6.75. The third-order valence-corrected chi connectivity index (χ3v) is 1.98. The Morgan fingerprint density at radius 2 is 2.22 bits per heavy atom. The van der Waals surface area contributed by atoms with Gasteiger partial charge in [0.05, 0.1) is 19.8 Å². The summed E-state index contributed by atoms with van der Waals surface area (Å²) >= 11 is 0. The molecule has 0 atom stereocenters. The number of hydrogen-bond acceptors (Lipinski definition) is 6. The predicted molar refractivity (Wildman–Crippen MR) is 58.4 cm³/mol. The third kappa shape index (κ3) is 6.58. The molecule has 0 aromatic carbocycles. The number of methoxy groups -OCH3 is 1. The molecule has 1 aromatic rings. The van der Waals surface area contributed by atoms with Crippen LogP contribution in [0.25, 0.3) is 0 Å². The maximum Gasteiger partial charge on any atom is 0.261 e. The molecule has 104 valence electrons. The van der Waals surface area contributed by atoms with E-state index < -0.39 is 13.0 Å². The van der Waals surface area contributed by atoms with Crippen molar-refractivity contribution >= 4 is 0 Å². The van der Waals surface area contributed by atoms with Crippen molar-refractivity contribution in [1.82, 2.24) is 15.5 Å². The zero-order valence-corrected chi connectivity index (χ0v) is 10.2. The van der Waals surface area contributed by atoms with Crippen molar-refractivity contribution < 1.29 is 22.8 Å². The summed E-state index contributed by atoms with van der Waals surface area (Å²) in [6, 6.07) is 0. The van der Waals surface area contributed by atoms with E-state index in [0.29, 0.717) is 37.8 Å². The van der Waals surface area contributed by atoms with Crippen LogP contribution in [-0.2, 0) is 22.4 Å². The molecular weight excluding hydrogens is 248 g/mol. The quantitative estimate of drug-likeness (QED) is 0.626. The van der Waals surface area contributed by atoms with Crippen molar-refractivity contribution in [3.8, 4) is 0 Å². The maximum atomic E-state index is 11.8. The van der Waals surface area contributed by atoms with Crippen molar-refractivity contribution in [2.75, 3.05) is 33.5 Å². The van der Waals surface area contributed by atoms with Crippen LogP contribution in [0.4, 0.5) is 8.78 Å². The lowest BCUT2D eigenvalue weighted by Crippen LogP contribution is -2.18. The lowest BCUT2D eigenvalue weighted by molar-refractivity contribution is 0.0182. The Hall–Kier alpha value is -1.12. The largest absolute Gasteiger partial charge is 0.383 e. The van der Waals surface area contributed by atoms with Crippen LogP contribution in [-0.4, -0.2) is 50.0 Å². The Bertz CT molecular complexity index is 323. The predicted octanol–water partition coefficient (Wildman–Crippen LogP) is 0.630. The Morgan fingerprint density at radius 1 is 1.39 bits per heavy atom. The van der Waals surface area contributed by atoms with Gasteiger partial charge in [-0.1, -0.05) is 5.16 Å². The Morgan fingerprint density at radius 3 is 2.94 bits per heavy atom. The fourth-order valence-electron chi connectivity index (χ4n) is 1.17. The number of nitrogens with zero attached hydrogens (tertiary/aromatic N) is 2. The molecule has 1 heterocycles. The molecule has 1 N–H and O–H groups in total. The fourth-order valence-corrected chi connectivity index (χ4v) is 1.17. The van der Waals surface area contributed by atoms with Crippen molar-refractivity contribution in [3.63, 3.8) is 0 Å². The monoisotopic (exact) mass is 265 g/mol. The molecule has 0 aliphatic carbocycles. The molecule has 0 aliphatic rings. The number of alkyl halides is 2. The van der Waals surface area contributed by atoms with Gasteiger partial charge in [-0.2, -0.15) is 4.98 Å². The Labute approximate surface area is 104 Å². The first-order chi connectivity index (χ1) is 8.72. The molecule has 0 radical (unpaired) electrons. The SMILES string of the molecule is COCCNCc1nc(CCOCC(F)F)no1. The van der Waals surface area contributed by atoms with E-state index in [1.165, 1.54) is 0 Å². The van der Waals surface area contributed by atoms with Crippen molar-refractivity contribution in [1.29, 1.82) is 0 Å². The highest BCUT2D eigenvalue weighted by Gasteiger charge is 2.07. The van der Waals surface area contributed by atoms with Gasteiger partial charge in [-0.25, -0.2) is 8.78 Å². The van der Waals surface area contributed by atoms with E-state index in [-0.39, 0.29) is 6.61 Å². The van der Waals surface area contributed by atoms with E-state index >= 15 is 0 Å². The van der Waals surface area contributed by atoms with Gasteiger partial charge in [-0.15, -0.1) is 0 Å². The number of halogens is 2. The number of ether oxygens (including phenoxy) is 2. The van der Waals surface area contributed by atoms with Crippen LogP contribution < -0.4 is 5.32 Å². The molecule has 1 aromatic heterocycles. The molecule has 6 nitrogen and oxygen atoms in total. The smallest absolute Gasteiger partial charge is 0.261 e. The summed E-state index contributed by atoms with van der Waals surface area (Å²) in [5.74, 6) is 0.905. The minimum Gasteiger partial charge on any atom is -0.383 e. The molecular formula is C10H17F2N3O3. The summed E-state index contributed by atoms with van der Waals surface area (Å²) < 4.78 is 38.1. The standard InChI is InChI=1S/C10H17F2N3O3/c1-16-5-3-13-6-10-14-9(15-18-10)2-4-17-7-8(11)12/h8,13H,2-7H2,1H3. The molecule has 0 unspecified atom stereocenters. The lowest BCUT2D eigenvalue weighted by Gasteiger charge is -2.00. The normalized spacial score (nSPS) is 11.3. The number of rotatable bonds is 10. The van der Waals surface area contributed by atoms with E-state index in [1.807, 2.05) is 0 Å². The van der Waals surface area contributed by atoms with Crippen LogP contribution >= 0.6 is 0 Å². The van der Waals surface area contributed by atoms with Gasteiger partial charge in [-0.3, -0.25) is 0 Å². The average Bonchev–Trinajstić information content (AvgIpc) is 2.78. The van der Waals surface area contributed by atoms with E-state index in [9.17, 15) is 8.78 Å². The van der Waals surface area contributed by atoms with Crippen LogP contribution in [0, 0.1) is 0 Å². The molecule has 0 spiro atoms. The van der Waals surface area contributed by atoms with E-state index in [2.05, 4.69) is 15.5 Å². The molecule has 1 rings (SSSR count). The summed E-state index contributed by atoms with van der Waals surface area (Å²) in [6.07, 6.45) is -2.09. The van der Waals surface area contributed by atoms with E-state index in [4.69, 9.17) is 14.0 Å². The lowest BCUT2D eigenvalue weighted by atomic mass is 10.4. The van der Waals surface area contributed by atoms with E-state index in [1.54, 1.807) is 7.11 Å². The zero-order valence-electron chi connectivity index (χ0n) is 10.2. The molecule has 0 bridgehead atoms. The van der Waals surface area contributed by atoms with E-state index in [0.717, 1.165) is 0 Å². The van der Waals surface area contributed by atoms with Crippen LogP contribution in [0.15, 0.2) is 4.52 Å². The Balaban J connectivity index is 2.13. The molecule has 0 saturated heterocycles. The summed E-state index contributed by atoms with van der Waals surface area (Å²) in [7, 11) is 1.62. The van der Waals surface area contributed by atoms with Gasteiger partial charge in [0.1, 0.15) is 6.61 Å². The van der Waals surface area contributed by atoms with Gasteiger partial charge < -0.3 is 19.3 Å². The number of nitrogens with one attached hydrogen (secondary N) is 1. The van der Waals surface area contributed by atoms with Crippen LogP contribution in [0.5, 0.6) is 0 Å². The second-order valence-electron chi connectivity index (χ2n) is 3.49. The zero-order chi connectivity index (χ0) is 13.2. The Kier molecular flexibility index (Phi) is 7.38. The summed E-state index contributed by atoms with van der Waals surface area (Å²) in [6.45, 7) is 1.33. The first-order valence-corrected chi connectivity index (χ1v) is 5.59. The first-order valence-electron chi connectivity index (χ1n) is 5.59. The second kappa shape index (κ2) is 8.90. The minimum absolute atomic E-state index is 0.153. The highest BCUT2D eigenvalue weighted by Crippen LogP contribution is 1.99. The topological polar surface area (TPSA) is 69.4 Å². The van der Waals surface area contributed by atoms with Gasteiger partial charge in [0, 0.05) is 20.1 Å².